The van der Waals surface area contributed by atoms with Crippen molar-refractivity contribution in [3.05, 3.63) is 35.8 Å². The summed E-state index contributed by atoms with van der Waals surface area (Å²) in [5.41, 5.74) is 0.791. The van der Waals surface area contributed by atoms with E-state index in [4.69, 9.17) is 15.9 Å². The fourth-order valence-corrected chi connectivity index (χ4v) is 4.25. The number of hydrogen-bond acceptors (Lipinski definition) is 6. The third kappa shape index (κ3) is 4.72. The first-order chi connectivity index (χ1) is 14.5. The number of rotatable bonds is 7. The number of hydrogen-bond donors (Lipinski definition) is 1. The van der Waals surface area contributed by atoms with Crippen molar-refractivity contribution < 1.29 is 23.8 Å². The molecule has 30 heavy (non-hydrogen) atoms. The van der Waals surface area contributed by atoms with E-state index in [1.54, 1.807) is 18.2 Å². The average Bonchev–Trinajstić information content (AvgIpc) is 2.77. The molecule has 2 heterocycles. The standard InChI is InChI=1S/C23H27FN2O4/c1-4-10-26-11-9-15(18(14-26)23(28)30-3)5-8-21(27)22-17-12-16(29-2)6-7-20(17)25-13-19(22)24/h1,6-7,12-13,15,18,21,27H,5,8-11,14H2,2-3H3/t15?,18-,21-/m1/s1. The molecule has 7 heteroatoms. The molecule has 1 aromatic carbocycles. The highest BCUT2D eigenvalue weighted by molar-refractivity contribution is 5.84. The van der Waals surface area contributed by atoms with Crippen LogP contribution in [-0.2, 0) is 9.53 Å². The van der Waals surface area contributed by atoms with Gasteiger partial charge in [0.15, 0.2) is 0 Å². The lowest BCUT2D eigenvalue weighted by atomic mass is 9.81. The average molecular weight is 414 g/mol. The van der Waals surface area contributed by atoms with Crippen molar-refractivity contribution in [2.45, 2.75) is 25.4 Å². The highest BCUT2D eigenvalue weighted by Gasteiger charge is 2.35. The second-order valence-corrected chi connectivity index (χ2v) is 7.61. The van der Waals surface area contributed by atoms with Crippen molar-refractivity contribution in [3.63, 3.8) is 0 Å². The minimum Gasteiger partial charge on any atom is -0.497 e. The van der Waals surface area contributed by atoms with E-state index < -0.39 is 11.9 Å². The molecule has 0 bridgehead atoms. The minimum absolute atomic E-state index is 0.0341. The molecule has 3 rings (SSSR count). The number of esters is 1. The van der Waals surface area contributed by atoms with Crippen molar-refractivity contribution >= 4 is 16.9 Å². The zero-order valence-corrected chi connectivity index (χ0v) is 17.3. The Morgan fingerprint density at radius 1 is 1.47 bits per heavy atom. The molecule has 1 fully saturated rings. The van der Waals surface area contributed by atoms with E-state index in [-0.39, 0.29) is 23.4 Å². The van der Waals surface area contributed by atoms with Gasteiger partial charge in [0.1, 0.15) is 11.6 Å². The number of methoxy groups -OCH3 is 2. The molecule has 1 aromatic heterocycles. The van der Waals surface area contributed by atoms with E-state index >= 15 is 0 Å². The second kappa shape index (κ2) is 9.88. The highest BCUT2D eigenvalue weighted by Crippen LogP contribution is 2.35. The number of aliphatic hydroxyl groups is 1. The largest absolute Gasteiger partial charge is 0.497 e. The van der Waals surface area contributed by atoms with E-state index in [9.17, 15) is 14.3 Å². The Hall–Kier alpha value is -2.69. The van der Waals surface area contributed by atoms with E-state index in [1.165, 1.54) is 14.2 Å². The van der Waals surface area contributed by atoms with Gasteiger partial charge in [0.25, 0.3) is 0 Å². The normalized spacial score (nSPS) is 20.5. The van der Waals surface area contributed by atoms with Crippen molar-refractivity contribution in [2.75, 3.05) is 33.9 Å². The third-order valence-electron chi connectivity index (χ3n) is 5.87. The number of ether oxygens (including phenoxy) is 2. The highest BCUT2D eigenvalue weighted by atomic mass is 19.1. The number of carbonyl (C=O) groups excluding carboxylic acids is 1. The van der Waals surface area contributed by atoms with Gasteiger partial charge in [0.05, 0.1) is 44.5 Å². The van der Waals surface area contributed by atoms with Crippen LogP contribution in [-0.4, -0.2) is 54.8 Å². The van der Waals surface area contributed by atoms with Gasteiger partial charge >= 0.3 is 5.97 Å². The first-order valence-electron chi connectivity index (χ1n) is 10.0. The molecule has 1 N–H and O–H groups in total. The van der Waals surface area contributed by atoms with Crippen LogP contribution in [0.1, 0.15) is 30.9 Å². The maximum absolute atomic E-state index is 14.6. The quantitative estimate of drug-likeness (QED) is 0.555. The number of terminal acetylenes is 1. The topological polar surface area (TPSA) is 71.9 Å². The molecule has 0 aliphatic carbocycles. The van der Waals surface area contributed by atoms with E-state index in [2.05, 4.69) is 15.8 Å². The van der Waals surface area contributed by atoms with Crippen LogP contribution in [0, 0.1) is 30.0 Å². The fourth-order valence-electron chi connectivity index (χ4n) is 4.25. The maximum Gasteiger partial charge on any atom is 0.310 e. The molecule has 0 spiro atoms. The zero-order valence-electron chi connectivity index (χ0n) is 17.3. The molecule has 0 amide bonds. The van der Waals surface area contributed by atoms with Crippen LogP contribution in [0.3, 0.4) is 0 Å². The first-order valence-corrected chi connectivity index (χ1v) is 10.0. The smallest absolute Gasteiger partial charge is 0.310 e. The van der Waals surface area contributed by atoms with Crippen LogP contribution >= 0.6 is 0 Å². The lowest BCUT2D eigenvalue weighted by Crippen LogP contribution is -2.44. The summed E-state index contributed by atoms with van der Waals surface area (Å²) in [4.78, 5) is 18.4. The van der Waals surface area contributed by atoms with Crippen LogP contribution < -0.4 is 4.74 Å². The van der Waals surface area contributed by atoms with Crippen molar-refractivity contribution in [1.29, 1.82) is 0 Å². The molecular weight excluding hydrogens is 387 g/mol. The summed E-state index contributed by atoms with van der Waals surface area (Å²) in [7, 11) is 2.91. The molecule has 1 saturated heterocycles. The third-order valence-corrected chi connectivity index (χ3v) is 5.87. The van der Waals surface area contributed by atoms with Crippen LogP contribution in [0.15, 0.2) is 24.4 Å². The summed E-state index contributed by atoms with van der Waals surface area (Å²) in [6.45, 7) is 1.79. The van der Waals surface area contributed by atoms with Gasteiger partial charge in [-0.05, 0) is 49.9 Å². The van der Waals surface area contributed by atoms with Crippen LogP contribution in [0.2, 0.25) is 0 Å². The number of halogens is 1. The van der Waals surface area contributed by atoms with Gasteiger partial charge in [-0.1, -0.05) is 5.92 Å². The predicted octanol–water partition coefficient (Wildman–Crippen LogP) is 2.94. The van der Waals surface area contributed by atoms with Gasteiger partial charge in [-0.2, -0.15) is 0 Å². The Morgan fingerprint density at radius 3 is 2.97 bits per heavy atom. The minimum atomic E-state index is -1.02. The molecule has 6 nitrogen and oxygen atoms in total. The Kier molecular flexibility index (Phi) is 7.24. The molecule has 1 aliphatic heterocycles. The van der Waals surface area contributed by atoms with Crippen LogP contribution in [0.4, 0.5) is 4.39 Å². The lowest BCUT2D eigenvalue weighted by Gasteiger charge is -2.36. The van der Waals surface area contributed by atoms with Crippen molar-refractivity contribution in [3.8, 4) is 18.1 Å². The number of piperidine rings is 1. The monoisotopic (exact) mass is 414 g/mol. The maximum atomic E-state index is 14.6. The number of fused-ring (bicyclic) bond motifs is 1. The van der Waals surface area contributed by atoms with Crippen molar-refractivity contribution in [2.24, 2.45) is 11.8 Å². The molecule has 2 aromatic rings. The summed E-state index contributed by atoms with van der Waals surface area (Å²) >= 11 is 0. The van der Waals surface area contributed by atoms with E-state index in [0.717, 1.165) is 19.2 Å². The molecule has 3 atom stereocenters. The van der Waals surface area contributed by atoms with E-state index in [1.807, 2.05) is 0 Å². The molecule has 0 saturated carbocycles. The summed E-state index contributed by atoms with van der Waals surface area (Å²) in [6, 6.07) is 5.16. The van der Waals surface area contributed by atoms with Gasteiger partial charge in [0, 0.05) is 17.5 Å². The number of carbonyl (C=O) groups is 1. The zero-order chi connectivity index (χ0) is 21.7. The predicted molar refractivity (Wildman–Crippen MR) is 111 cm³/mol. The van der Waals surface area contributed by atoms with E-state index in [0.29, 0.717) is 42.6 Å². The molecular formula is C23H27FN2O4. The Balaban J connectivity index is 1.77. The molecule has 1 aliphatic rings. The van der Waals surface area contributed by atoms with Crippen molar-refractivity contribution in [1.82, 2.24) is 9.88 Å². The summed E-state index contributed by atoms with van der Waals surface area (Å²) in [6.07, 6.45) is 7.16. The lowest BCUT2D eigenvalue weighted by molar-refractivity contribution is -0.150. The van der Waals surface area contributed by atoms with Gasteiger partial charge < -0.3 is 14.6 Å². The summed E-state index contributed by atoms with van der Waals surface area (Å²) in [5.74, 6) is 2.06. The summed E-state index contributed by atoms with van der Waals surface area (Å²) in [5, 5.41) is 11.4. The number of nitrogens with zero attached hydrogens (tertiary/aromatic N) is 2. The Labute approximate surface area is 176 Å². The van der Waals surface area contributed by atoms with Gasteiger partial charge in [0.2, 0.25) is 0 Å². The molecule has 160 valence electrons. The second-order valence-electron chi connectivity index (χ2n) is 7.61. The molecule has 0 radical (unpaired) electrons. The first kappa shape index (κ1) is 22.0. The number of benzene rings is 1. The number of aliphatic hydroxyl groups excluding tert-OH is 1. The number of aromatic nitrogens is 1. The van der Waals surface area contributed by atoms with Gasteiger partial charge in [-0.3, -0.25) is 14.7 Å². The Morgan fingerprint density at radius 2 is 2.27 bits per heavy atom. The number of likely N-dealkylation sites (tertiary alicyclic amines) is 1. The molecule has 1 unspecified atom stereocenters. The van der Waals surface area contributed by atoms with Gasteiger partial charge in [-0.15, -0.1) is 6.42 Å². The summed E-state index contributed by atoms with van der Waals surface area (Å²) < 4.78 is 24.8. The van der Waals surface area contributed by atoms with Crippen LogP contribution in [0.5, 0.6) is 5.75 Å². The fraction of sp³-hybridized carbons (Fsp3) is 0.478. The Bertz CT molecular complexity index is 943. The van der Waals surface area contributed by atoms with Crippen LogP contribution in [0.25, 0.3) is 10.9 Å². The SMILES string of the molecule is C#CCN1CCC(CC[C@@H](O)c2c(F)cnc3ccc(OC)cc23)[C@H](C(=O)OC)C1. The van der Waals surface area contributed by atoms with Gasteiger partial charge in [-0.25, -0.2) is 4.39 Å². The number of pyridine rings is 1.